The molecule has 0 radical (unpaired) electrons. The number of rotatable bonds is 12. The van der Waals surface area contributed by atoms with E-state index >= 15 is 0 Å². The number of β-amino-alcohol motifs (C(OH)–C–C–N with tert-alkyl or cyclic N) is 1. The molecule has 41 heavy (non-hydrogen) atoms. The number of H-pyrrole nitrogens is 1. The van der Waals surface area contributed by atoms with Crippen molar-refractivity contribution in [3.8, 4) is 11.6 Å². The van der Waals surface area contributed by atoms with Gasteiger partial charge in [-0.05, 0) is 38.1 Å². The van der Waals surface area contributed by atoms with E-state index in [2.05, 4.69) is 31.1 Å². The van der Waals surface area contributed by atoms with E-state index in [0.717, 1.165) is 33.1 Å². The van der Waals surface area contributed by atoms with Crippen LogP contribution in [0.3, 0.4) is 0 Å². The molecule has 214 valence electrons. The molecular weight excluding hydrogens is 524 g/mol. The second-order valence-electron chi connectivity index (χ2n) is 10.6. The van der Waals surface area contributed by atoms with E-state index in [1.807, 2.05) is 56.3 Å². The monoisotopic (exact) mass is 558 g/mol. The zero-order chi connectivity index (χ0) is 28.8. The molecule has 0 saturated heterocycles. The zero-order valence-electron chi connectivity index (χ0n) is 23.1. The maximum absolute atomic E-state index is 12.4. The first-order chi connectivity index (χ1) is 19.8. The highest BCUT2D eigenvalue weighted by molar-refractivity contribution is 6.10. The Morgan fingerprint density at radius 3 is 2.68 bits per heavy atom. The number of para-hydroxylation sites is 1. The molecule has 5 rings (SSSR count). The fraction of sp³-hybridized carbons (Fsp3) is 0.333. The highest BCUT2D eigenvalue weighted by atomic mass is 16.5. The third-order valence-electron chi connectivity index (χ3n) is 6.79. The van der Waals surface area contributed by atoms with Crippen LogP contribution in [0.25, 0.3) is 21.8 Å². The van der Waals surface area contributed by atoms with Crippen LogP contribution in [0, 0.1) is 0 Å². The lowest BCUT2D eigenvalue weighted by atomic mass is 10.1. The van der Waals surface area contributed by atoms with Crippen LogP contribution in [-0.4, -0.2) is 70.5 Å². The SMILES string of the molecule is CC(C)(CNC(=O)COc1ccc(C2=NNC(=O)CC2)cn1)NCC(O)COc1cccc2[nH]c3ccccc3c12. The van der Waals surface area contributed by atoms with Crippen LogP contribution in [-0.2, 0) is 9.59 Å². The quantitative estimate of drug-likeness (QED) is 0.179. The Hall–Kier alpha value is -4.48. The van der Waals surface area contributed by atoms with Gasteiger partial charge in [0.2, 0.25) is 11.8 Å². The average molecular weight is 559 g/mol. The van der Waals surface area contributed by atoms with Crippen molar-refractivity contribution in [3.05, 3.63) is 66.4 Å². The number of aliphatic hydroxyl groups excluding tert-OH is 1. The summed E-state index contributed by atoms with van der Waals surface area (Å²) in [6, 6.07) is 17.3. The van der Waals surface area contributed by atoms with Crippen LogP contribution in [0.15, 0.2) is 65.9 Å². The molecule has 1 atom stereocenters. The molecule has 2 aromatic carbocycles. The maximum Gasteiger partial charge on any atom is 0.258 e. The summed E-state index contributed by atoms with van der Waals surface area (Å²) >= 11 is 0. The highest BCUT2D eigenvalue weighted by Gasteiger charge is 2.21. The van der Waals surface area contributed by atoms with Gasteiger partial charge in [-0.2, -0.15) is 5.10 Å². The smallest absolute Gasteiger partial charge is 0.258 e. The van der Waals surface area contributed by atoms with E-state index in [0.29, 0.717) is 31.0 Å². The molecule has 0 spiro atoms. The highest BCUT2D eigenvalue weighted by Crippen LogP contribution is 2.33. The Labute approximate surface area is 237 Å². The molecule has 0 aliphatic carbocycles. The standard InChI is InChI=1S/C30H34N6O5/c1-30(2,18-32-27(39)17-41-28-13-10-19(14-31-28)22-11-12-26(38)36-35-22)33-15-20(37)16-40-25-9-5-8-24-29(25)21-6-3-4-7-23(21)34-24/h3-10,13-14,20,33-34,37H,11-12,15-18H2,1-2H3,(H,32,39)(H,36,38). The summed E-state index contributed by atoms with van der Waals surface area (Å²) in [6.45, 7) is 4.42. The first-order valence-electron chi connectivity index (χ1n) is 13.5. The van der Waals surface area contributed by atoms with E-state index in [1.54, 1.807) is 18.3 Å². The van der Waals surface area contributed by atoms with Crippen LogP contribution >= 0.6 is 0 Å². The molecule has 3 heterocycles. The van der Waals surface area contributed by atoms with E-state index in [9.17, 15) is 14.7 Å². The van der Waals surface area contributed by atoms with Crippen LogP contribution in [0.1, 0.15) is 32.3 Å². The molecular formula is C30H34N6O5. The van der Waals surface area contributed by atoms with Crippen molar-refractivity contribution < 1.29 is 24.2 Å². The Bertz CT molecular complexity index is 1560. The largest absolute Gasteiger partial charge is 0.490 e. The van der Waals surface area contributed by atoms with Crippen molar-refractivity contribution in [2.75, 3.05) is 26.3 Å². The number of aliphatic hydroxyl groups is 1. The molecule has 2 amide bonds. The van der Waals surface area contributed by atoms with Gasteiger partial charge in [-0.1, -0.05) is 24.3 Å². The summed E-state index contributed by atoms with van der Waals surface area (Å²) in [4.78, 5) is 31.2. The molecule has 11 heteroatoms. The number of hydrogen-bond donors (Lipinski definition) is 5. The minimum atomic E-state index is -0.751. The summed E-state index contributed by atoms with van der Waals surface area (Å²) in [7, 11) is 0. The molecule has 0 fully saturated rings. The topological polar surface area (TPSA) is 150 Å². The van der Waals surface area contributed by atoms with Crippen molar-refractivity contribution in [1.82, 2.24) is 26.0 Å². The number of hydrazone groups is 1. The minimum Gasteiger partial charge on any atom is -0.490 e. The van der Waals surface area contributed by atoms with E-state index < -0.39 is 11.6 Å². The Morgan fingerprint density at radius 2 is 1.90 bits per heavy atom. The van der Waals surface area contributed by atoms with Crippen molar-refractivity contribution in [2.24, 2.45) is 5.10 Å². The summed E-state index contributed by atoms with van der Waals surface area (Å²) in [5.74, 6) is 0.631. The number of aromatic nitrogens is 2. The maximum atomic E-state index is 12.4. The number of nitrogens with zero attached hydrogens (tertiary/aromatic N) is 2. The molecule has 0 bridgehead atoms. The van der Waals surface area contributed by atoms with E-state index in [4.69, 9.17) is 9.47 Å². The van der Waals surface area contributed by atoms with Crippen LogP contribution in [0.4, 0.5) is 0 Å². The second-order valence-corrected chi connectivity index (χ2v) is 10.6. The van der Waals surface area contributed by atoms with Crippen molar-refractivity contribution in [3.63, 3.8) is 0 Å². The van der Waals surface area contributed by atoms with Gasteiger partial charge in [-0.15, -0.1) is 0 Å². The molecule has 1 unspecified atom stereocenters. The first-order valence-corrected chi connectivity index (χ1v) is 13.5. The normalized spacial score (nSPS) is 14.4. The molecule has 4 aromatic rings. The van der Waals surface area contributed by atoms with Gasteiger partial charge in [0.05, 0.1) is 11.2 Å². The van der Waals surface area contributed by atoms with Crippen LogP contribution in [0.2, 0.25) is 0 Å². The minimum absolute atomic E-state index is 0.105. The van der Waals surface area contributed by atoms with Crippen LogP contribution < -0.4 is 25.5 Å². The number of fused-ring (bicyclic) bond motifs is 3. The average Bonchev–Trinajstić information content (AvgIpc) is 3.37. The lowest BCUT2D eigenvalue weighted by molar-refractivity contribution is -0.123. The Balaban J connectivity index is 1.04. The van der Waals surface area contributed by atoms with Gasteiger partial charge in [-0.3, -0.25) is 9.59 Å². The molecule has 1 aliphatic rings. The predicted molar refractivity (Wildman–Crippen MR) is 156 cm³/mol. The number of carbonyl (C=O) groups is 2. The second kappa shape index (κ2) is 12.4. The number of benzene rings is 2. The molecule has 2 aromatic heterocycles. The lowest BCUT2D eigenvalue weighted by Gasteiger charge is -2.28. The van der Waals surface area contributed by atoms with Gasteiger partial charge in [0.15, 0.2) is 6.61 Å². The molecule has 1 aliphatic heterocycles. The number of carbonyl (C=O) groups excluding carboxylic acids is 2. The molecule has 11 nitrogen and oxygen atoms in total. The fourth-order valence-corrected chi connectivity index (χ4v) is 4.52. The van der Waals surface area contributed by atoms with Gasteiger partial charge in [0, 0.05) is 65.6 Å². The number of aromatic amines is 1. The van der Waals surface area contributed by atoms with E-state index in [-0.39, 0.29) is 31.6 Å². The van der Waals surface area contributed by atoms with Crippen molar-refractivity contribution in [2.45, 2.75) is 38.3 Å². The van der Waals surface area contributed by atoms with Gasteiger partial charge in [0.25, 0.3) is 5.91 Å². The van der Waals surface area contributed by atoms with Crippen LogP contribution in [0.5, 0.6) is 11.6 Å². The van der Waals surface area contributed by atoms with Gasteiger partial charge in [0.1, 0.15) is 18.5 Å². The third kappa shape index (κ3) is 7.19. The van der Waals surface area contributed by atoms with Gasteiger partial charge >= 0.3 is 0 Å². The fourth-order valence-electron chi connectivity index (χ4n) is 4.52. The third-order valence-corrected chi connectivity index (χ3v) is 6.79. The molecule has 5 N–H and O–H groups in total. The Kier molecular flexibility index (Phi) is 8.46. The summed E-state index contributed by atoms with van der Waals surface area (Å²) < 4.78 is 11.5. The summed E-state index contributed by atoms with van der Waals surface area (Å²) in [5.41, 5.74) is 5.53. The number of ether oxygens (including phenoxy) is 2. The predicted octanol–water partition coefficient (Wildman–Crippen LogP) is 2.63. The summed E-state index contributed by atoms with van der Waals surface area (Å²) in [6.07, 6.45) is 1.79. The van der Waals surface area contributed by atoms with E-state index in [1.165, 1.54) is 0 Å². The van der Waals surface area contributed by atoms with Crippen molar-refractivity contribution >= 4 is 39.3 Å². The van der Waals surface area contributed by atoms with Gasteiger partial charge in [-0.25, -0.2) is 10.4 Å². The zero-order valence-corrected chi connectivity index (χ0v) is 23.1. The number of pyridine rings is 1. The first kappa shape index (κ1) is 28.1. The van der Waals surface area contributed by atoms with Gasteiger partial charge < -0.3 is 30.2 Å². The number of nitrogens with one attached hydrogen (secondary N) is 4. The lowest BCUT2D eigenvalue weighted by Crippen LogP contribution is -2.52. The van der Waals surface area contributed by atoms with Crippen molar-refractivity contribution in [1.29, 1.82) is 0 Å². The summed E-state index contributed by atoms with van der Waals surface area (Å²) in [5, 5.41) is 22.8. The molecule has 0 saturated carbocycles. The number of hydrogen-bond acceptors (Lipinski definition) is 8. The Morgan fingerprint density at radius 1 is 1.07 bits per heavy atom. The number of amides is 2.